The van der Waals surface area contributed by atoms with Crippen molar-refractivity contribution in [2.45, 2.75) is 31.5 Å². The molecule has 18 heavy (non-hydrogen) atoms. The summed E-state index contributed by atoms with van der Waals surface area (Å²) < 4.78 is 16.0. The highest BCUT2D eigenvalue weighted by atomic mass is 16.5. The normalized spacial score (nSPS) is 20.4. The van der Waals surface area contributed by atoms with Crippen LogP contribution in [0.2, 0.25) is 0 Å². The van der Waals surface area contributed by atoms with Gasteiger partial charge >= 0.3 is 0 Å². The Bertz CT molecular complexity index is 254. The Morgan fingerprint density at radius 2 is 2.17 bits per heavy atom. The van der Waals surface area contributed by atoms with E-state index in [0.717, 1.165) is 12.8 Å². The van der Waals surface area contributed by atoms with Crippen molar-refractivity contribution in [3.8, 4) is 0 Å². The standard InChI is InChI=1S/C12H24N2O4/c1-10(11(15)14-5-8-16-2)18-12(9-13)3-6-17-7-4-12/h10H,3-9,13H2,1-2H3,(H,14,15). The highest BCUT2D eigenvalue weighted by molar-refractivity contribution is 5.80. The van der Waals surface area contributed by atoms with Crippen molar-refractivity contribution >= 4 is 5.91 Å². The summed E-state index contributed by atoms with van der Waals surface area (Å²) >= 11 is 0. The van der Waals surface area contributed by atoms with Gasteiger partial charge in [0.05, 0.1) is 12.2 Å². The fourth-order valence-corrected chi connectivity index (χ4v) is 1.96. The molecule has 6 heteroatoms. The molecule has 0 saturated carbocycles. The van der Waals surface area contributed by atoms with Crippen molar-refractivity contribution in [3.63, 3.8) is 0 Å². The molecule has 106 valence electrons. The average Bonchev–Trinajstić information content (AvgIpc) is 2.40. The third-order valence-corrected chi connectivity index (χ3v) is 3.18. The molecule has 3 N–H and O–H groups in total. The first-order valence-corrected chi connectivity index (χ1v) is 6.36. The lowest BCUT2D eigenvalue weighted by Gasteiger charge is -2.37. The van der Waals surface area contributed by atoms with Gasteiger partial charge in [0.2, 0.25) is 5.91 Å². The van der Waals surface area contributed by atoms with Crippen molar-refractivity contribution in [3.05, 3.63) is 0 Å². The highest BCUT2D eigenvalue weighted by Crippen LogP contribution is 2.25. The van der Waals surface area contributed by atoms with Gasteiger partial charge in [-0.15, -0.1) is 0 Å². The maximum atomic E-state index is 11.8. The zero-order valence-corrected chi connectivity index (χ0v) is 11.2. The molecule has 0 radical (unpaired) electrons. The molecule has 0 spiro atoms. The van der Waals surface area contributed by atoms with Crippen LogP contribution in [-0.4, -0.2) is 57.6 Å². The van der Waals surface area contributed by atoms with Crippen molar-refractivity contribution in [1.29, 1.82) is 0 Å². The lowest BCUT2D eigenvalue weighted by molar-refractivity contribution is -0.158. The first-order chi connectivity index (χ1) is 8.63. The fraction of sp³-hybridized carbons (Fsp3) is 0.917. The minimum Gasteiger partial charge on any atom is -0.383 e. The monoisotopic (exact) mass is 260 g/mol. The van der Waals surface area contributed by atoms with Crippen molar-refractivity contribution < 1.29 is 19.0 Å². The van der Waals surface area contributed by atoms with Crippen LogP contribution in [-0.2, 0) is 19.0 Å². The second-order valence-corrected chi connectivity index (χ2v) is 4.54. The predicted octanol–water partition coefficient (Wildman–Crippen LogP) is -0.338. The fourth-order valence-electron chi connectivity index (χ4n) is 1.96. The van der Waals surface area contributed by atoms with Gasteiger partial charge in [-0.3, -0.25) is 4.79 Å². The van der Waals surface area contributed by atoms with Crippen LogP contribution in [0.25, 0.3) is 0 Å². The molecule has 1 unspecified atom stereocenters. The molecule has 1 aliphatic rings. The molecule has 1 rings (SSSR count). The summed E-state index contributed by atoms with van der Waals surface area (Å²) in [5, 5.41) is 2.75. The minimum atomic E-state index is -0.511. The molecule has 6 nitrogen and oxygen atoms in total. The molecule has 0 aromatic rings. The molecular weight excluding hydrogens is 236 g/mol. The van der Waals surface area contributed by atoms with Crippen LogP contribution < -0.4 is 11.1 Å². The quantitative estimate of drug-likeness (QED) is 0.612. The SMILES string of the molecule is COCCNC(=O)C(C)OC1(CN)CCOCC1. The molecule has 1 atom stereocenters. The Morgan fingerprint density at radius 1 is 1.50 bits per heavy atom. The van der Waals surface area contributed by atoms with Crippen LogP contribution in [0.3, 0.4) is 0 Å². The van der Waals surface area contributed by atoms with Gasteiger partial charge in [0.1, 0.15) is 6.10 Å². The third kappa shape index (κ3) is 4.53. The summed E-state index contributed by atoms with van der Waals surface area (Å²) in [5.74, 6) is -0.133. The summed E-state index contributed by atoms with van der Waals surface area (Å²) in [6, 6.07) is 0. The summed E-state index contributed by atoms with van der Waals surface area (Å²) in [6.07, 6.45) is 0.960. The second kappa shape index (κ2) is 7.68. The van der Waals surface area contributed by atoms with E-state index in [-0.39, 0.29) is 5.91 Å². The number of hydrogen-bond donors (Lipinski definition) is 2. The second-order valence-electron chi connectivity index (χ2n) is 4.54. The first kappa shape index (κ1) is 15.4. The summed E-state index contributed by atoms with van der Waals surface area (Å²) in [7, 11) is 1.59. The van der Waals surface area contributed by atoms with E-state index in [9.17, 15) is 4.79 Å². The number of carbonyl (C=O) groups excluding carboxylic acids is 1. The number of rotatable bonds is 7. The maximum absolute atomic E-state index is 11.8. The smallest absolute Gasteiger partial charge is 0.248 e. The average molecular weight is 260 g/mol. The van der Waals surface area contributed by atoms with Crippen molar-refractivity contribution in [2.24, 2.45) is 5.73 Å². The molecule has 0 bridgehead atoms. The largest absolute Gasteiger partial charge is 0.383 e. The summed E-state index contributed by atoms with van der Waals surface area (Å²) in [4.78, 5) is 11.8. The molecule has 1 heterocycles. The number of nitrogens with one attached hydrogen (secondary N) is 1. The van der Waals surface area contributed by atoms with Crippen LogP contribution in [0.15, 0.2) is 0 Å². The molecular formula is C12H24N2O4. The molecule has 1 aliphatic heterocycles. The number of ether oxygens (including phenoxy) is 3. The van der Waals surface area contributed by atoms with Crippen LogP contribution in [0.4, 0.5) is 0 Å². The van der Waals surface area contributed by atoms with E-state index in [4.69, 9.17) is 19.9 Å². The van der Waals surface area contributed by atoms with E-state index in [0.29, 0.717) is 32.9 Å². The Kier molecular flexibility index (Phi) is 6.56. The Hall–Kier alpha value is -0.690. The van der Waals surface area contributed by atoms with Crippen molar-refractivity contribution in [2.75, 3.05) is 40.0 Å². The summed E-state index contributed by atoms with van der Waals surface area (Å²) in [6.45, 7) is 4.40. The van der Waals surface area contributed by atoms with Gasteiger partial charge in [-0.25, -0.2) is 0 Å². The topological polar surface area (TPSA) is 82.8 Å². The number of nitrogens with two attached hydrogens (primary N) is 1. The van der Waals surface area contributed by atoms with Crippen LogP contribution in [0, 0.1) is 0 Å². The van der Waals surface area contributed by atoms with Crippen LogP contribution in [0.1, 0.15) is 19.8 Å². The summed E-state index contributed by atoms with van der Waals surface area (Å²) in [5.41, 5.74) is 5.36. The zero-order valence-electron chi connectivity index (χ0n) is 11.2. The van der Waals surface area contributed by atoms with Gasteiger partial charge in [-0.1, -0.05) is 0 Å². The number of hydrogen-bond acceptors (Lipinski definition) is 5. The minimum absolute atomic E-state index is 0.133. The Balaban J connectivity index is 2.40. The number of carbonyl (C=O) groups is 1. The van der Waals surface area contributed by atoms with Crippen LogP contribution >= 0.6 is 0 Å². The van der Waals surface area contributed by atoms with E-state index in [1.165, 1.54) is 0 Å². The molecule has 0 aliphatic carbocycles. The van der Waals surface area contributed by atoms with Crippen LogP contribution in [0.5, 0.6) is 0 Å². The lowest BCUT2D eigenvalue weighted by Crippen LogP contribution is -2.50. The zero-order chi connectivity index (χ0) is 13.4. The van der Waals surface area contributed by atoms with Gasteiger partial charge in [-0.05, 0) is 6.92 Å². The number of methoxy groups -OCH3 is 1. The molecule has 0 aromatic heterocycles. The third-order valence-electron chi connectivity index (χ3n) is 3.18. The van der Waals surface area contributed by atoms with Gasteiger partial charge in [0.15, 0.2) is 0 Å². The van der Waals surface area contributed by atoms with E-state index in [1.54, 1.807) is 14.0 Å². The lowest BCUT2D eigenvalue weighted by atomic mass is 9.94. The Morgan fingerprint density at radius 3 is 2.72 bits per heavy atom. The maximum Gasteiger partial charge on any atom is 0.248 e. The van der Waals surface area contributed by atoms with E-state index >= 15 is 0 Å². The van der Waals surface area contributed by atoms with E-state index in [1.807, 2.05) is 0 Å². The van der Waals surface area contributed by atoms with E-state index in [2.05, 4.69) is 5.32 Å². The van der Waals surface area contributed by atoms with E-state index < -0.39 is 11.7 Å². The van der Waals surface area contributed by atoms with Gasteiger partial charge in [0, 0.05) is 46.3 Å². The first-order valence-electron chi connectivity index (χ1n) is 6.36. The molecule has 1 fully saturated rings. The molecule has 1 amide bonds. The van der Waals surface area contributed by atoms with Gasteiger partial charge < -0.3 is 25.3 Å². The Labute approximate surface area is 108 Å². The van der Waals surface area contributed by atoms with Gasteiger partial charge in [-0.2, -0.15) is 0 Å². The predicted molar refractivity (Wildman–Crippen MR) is 67.3 cm³/mol. The number of amides is 1. The highest BCUT2D eigenvalue weighted by Gasteiger charge is 2.35. The molecule has 1 saturated heterocycles. The van der Waals surface area contributed by atoms with Gasteiger partial charge in [0.25, 0.3) is 0 Å². The molecule has 0 aromatic carbocycles. The van der Waals surface area contributed by atoms with Crippen molar-refractivity contribution in [1.82, 2.24) is 5.32 Å².